The van der Waals surface area contributed by atoms with Crippen LogP contribution in [-0.2, 0) is 19.6 Å². The molecule has 0 unspecified atom stereocenters. The van der Waals surface area contributed by atoms with Crippen LogP contribution in [0.25, 0.3) is 0 Å². The monoisotopic (exact) mass is 287 g/mol. The van der Waals surface area contributed by atoms with E-state index in [1.165, 1.54) is 20.2 Å². The van der Waals surface area contributed by atoms with E-state index in [-0.39, 0.29) is 23.8 Å². The molecule has 7 heteroatoms. The predicted octanol–water partition coefficient (Wildman–Crippen LogP) is 0.879. The molecule has 0 aliphatic heterocycles. The summed E-state index contributed by atoms with van der Waals surface area (Å²) in [6, 6.07) is 6.23. The van der Waals surface area contributed by atoms with E-state index in [0.29, 0.717) is 0 Å². The fraction of sp³-hybridized carbons (Fsp3) is 0.417. The van der Waals surface area contributed by atoms with Crippen LogP contribution in [0.3, 0.4) is 0 Å². The van der Waals surface area contributed by atoms with E-state index in [2.05, 4.69) is 0 Å². The highest BCUT2D eigenvalue weighted by Crippen LogP contribution is 2.25. The van der Waals surface area contributed by atoms with Crippen molar-refractivity contribution < 1.29 is 22.7 Å². The van der Waals surface area contributed by atoms with Gasteiger partial charge in [0.05, 0.1) is 13.7 Å². The summed E-state index contributed by atoms with van der Waals surface area (Å²) in [5.41, 5.74) is 0. The summed E-state index contributed by atoms with van der Waals surface area (Å²) in [6.07, 6.45) is 0. The highest BCUT2D eigenvalue weighted by molar-refractivity contribution is 7.89. The second kappa shape index (κ2) is 6.53. The van der Waals surface area contributed by atoms with Crippen LogP contribution in [0.4, 0.5) is 0 Å². The largest absolute Gasteiger partial charge is 0.495 e. The summed E-state index contributed by atoms with van der Waals surface area (Å²) in [5.74, 6) is -0.360. The quantitative estimate of drug-likeness (QED) is 0.726. The van der Waals surface area contributed by atoms with Gasteiger partial charge in [0.2, 0.25) is 10.0 Å². The standard InChI is InChI=1S/C12H17NO5S/c1-4-18-12(14)9-13(2)19(15,16)11-8-6-5-7-10(11)17-3/h5-8H,4,9H2,1-3H3. The summed E-state index contributed by atoms with van der Waals surface area (Å²) in [6.45, 7) is 1.53. The molecule has 0 aliphatic carbocycles. The fourth-order valence-corrected chi connectivity index (χ4v) is 2.74. The number of likely N-dealkylation sites (N-methyl/N-ethyl adjacent to an activating group) is 1. The number of methoxy groups -OCH3 is 1. The fourth-order valence-electron chi connectivity index (χ4n) is 1.47. The summed E-state index contributed by atoms with van der Waals surface area (Å²) in [7, 11) is -1.08. The number of ether oxygens (including phenoxy) is 2. The molecule has 1 aromatic rings. The van der Waals surface area contributed by atoms with Crippen LogP contribution in [0, 0.1) is 0 Å². The topological polar surface area (TPSA) is 72.9 Å². The minimum Gasteiger partial charge on any atom is -0.495 e. The number of esters is 1. The molecular weight excluding hydrogens is 270 g/mol. The molecule has 6 nitrogen and oxygen atoms in total. The molecule has 19 heavy (non-hydrogen) atoms. The number of rotatable bonds is 6. The molecule has 0 saturated heterocycles. The van der Waals surface area contributed by atoms with Crippen molar-refractivity contribution in [2.24, 2.45) is 0 Å². The Morgan fingerprint density at radius 3 is 2.53 bits per heavy atom. The van der Waals surface area contributed by atoms with Crippen molar-refractivity contribution in [3.05, 3.63) is 24.3 Å². The minimum absolute atomic E-state index is 0.0179. The molecule has 0 N–H and O–H groups in total. The Bertz CT molecular complexity index is 541. The van der Waals surface area contributed by atoms with Gasteiger partial charge in [0.15, 0.2) is 0 Å². The van der Waals surface area contributed by atoms with Crippen molar-refractivity contribution >= 4 is 16.0 Å². The van der Waals surface area contributed by atoms with Gasteiger partial charge in [0.1, 0.15) is 17.2 Å². The number of sulfonamides is 1. The Labute approximate surface area is 113 Å². The highest BCUT2D eigenvalue weighted by Gasteiger charge is 2.26. The van der Waals surface area contributed by atoms with E-state index < -0.39 is 16.0 Å². The van der Waals surface area contributed by atoms with E-state index in [1.807, 2.05) is 0 Å². The lowest BCUT2D eigenvalue weighted by atomic mass is 10.3. The average molecular weight is 287 g/mol. The normalized spacial score (nSPS) is 11.4. The Hall–Kier alpha value is -1.60. The summed E-state index contributed by atoms with van der Waals surface area (Å²) in [4.78, 5) is 11.3. The molecule has 0 radical (unpaired) electrons. The SMILES string of the molecule is CCOC(=O)CN(C)S(=O)(=O)c1ccccc1OC. The number of hydrogen-bond acceptors (Lipinski definition) is 5. The molecule has 0 spiro atoms. The molecule has 0 atom stereocenters. The van der Waals surface area contributed by atoms with Crippen molar-refractivity contribution in [1.82, 2.24) is 4.31 Å². The Morgan fingerprint density at radius 1 is 1.32 bits per heavy atom. The summed E-state index contributed by atoms with van der Waals surface area (Å²) in [5, 5.41) is 0. The van der Waals surface area contributed by atoms with Crippen LogP contribution in [0.5, 0.6) is 5.75 Å². The Balaban J connectivity index is 3.00. The molecule has 0 fully saturated rings. The van der Waals surface area contributed by atoms with Crippen LogP contribution in [-0.4, -0.2) is 46.0 Å². The maximum absolute atomic E-state index is 12.3. The lowest BCUT2D eigenvalue weighted by Gasteiger charge is -2.17. The third kappa shape index (κ3) is 3.68. The van der Waals surface area contributed by atoms with E-state index in [9.17, 15) is 13.2 Å². The second-order valence-corrected chi connectivity index (χ2v) is 5.73. The van der Waals surface area contributed by atoms with Gasteiger partial charge in [-0.2, -0.15) is 4.31 Å². The van der Waals surface area contributed by atoms with Crippen molar-refractivity contribution in [2.45, 2.75) is 11.8 Å². The maximum Gasteiger partial charge on any atom is 0.321 e. The molecule has 0 heterocycles. The molecule has 0 amide bonds. The number of benzene rings is 1. The van der Waals surface area contributed by atoms with Gasteiger partial charge in [-0.1, -0.05) is 12.1 Å². The zero-order chi connectivity index (χ0) is 14.5. The molecule has 0 bridgehead atoms. The number of nitrogens with zero attached hydrogens (tertiary/aromatic N) is 1. The number of carbonyl (C=O) groups excluding carboxylic acids is 1. The van der Waals surface area contributed by atoms with Crippen molar-refractivity contribution in [3.63, 3.8) is 0 Å². The van der Waals surface area contributed by atoms with Crippen LogP contribution >= 0.6 is 0 Å². The molecule has 106 valence electrons. The minimum atomic E-state index is -3.79. The van der Waals surface area contributed by atoms with Crippen molar-refractivity contribution in [3.8, 4) is 5.75 Å². The molecule has 1 rings (SSSR count). The van der Waals surface area contributed by atoms with E-state index in [1.54, 1.807) is 25.1 Å². The van der Waals surface area contributed by atoms with Gasteiger partial charge in [0.25, 0.3) is 0 Å². The first-order valence-corrected chi connectivity index (χ1v) is 7.12. The van der Waals surface area contributed by atoms with Gasteiger partial charge in [-0.25, -0.2) is 8.42 Å². The van der Waals surface area contributed by atoms with Gasteiger partial charge in [-0.3, -0.25) is 4.79 Å². The summed E-state index contributed by atoms with van der Waals surface area (Å²) < 4.78 is 35.2. The molecule has 0 saturated carbocycles. The van der Waals surface area contributed by atoms with Gasteiger partial charge < -0.3 is 9.47 Å². The second-order valence-electron chi connectivity index (χ2n) is 3.72. The highest BCUT2D eigenvalue weighted by atomic mass is 32.2. The van der Waals surface area contributed by atoms with Crippen LogP contribution in [0.15, 0.2) is 29.2 Å². The maximum atomic E-state index is 12.3. The number of carbonyl (C=O) groups is 1. The molecule has 0 aliphatic rings. The first kappa shape index (κ1) is 15.5. The zero-order valence-corrected chi connectivity index (χ0v) is 11.9. The zero-order valence-electron chi connectivity index (χ0n) is 11.1. The Kier molecular flexibility index (Phi) is 5.31. The van der Waals surface area contributed by atoms with E-state index in [4.69, 9.17) is 9.47 Å². The first-order valence-electron chi connectivity index (χ1n) is 5.68. The lowest BCUT2D eigenvalue weighted by Crippen LogP contribution is -2.33. The van der Waals surface area contributed by atoms with Gasteiger partial charge in [-0.05, 0) is 19.1 Å². The Morgan fingerprint density at radius 2 is 1.95 bits per heavy atom. The van der Waals surface area contributed by atoms with Crippen LogP contribution < -0.4 is 4.74 Å². The van der Waals surface area contributed by atoms with Gasteiger partial charge in [-0.15, -0.1) is 0 Å². The number of para-hydroxylation sites is 1. The third-order valence-corrected chi connectivity index (χ3v) is 4.26. The molecular formula is C12H17NO5S. The third-order valence-electron chi connectivity index (χ3n) is 2.41. The smallest absolute Gasteiger partial charge is 0.321 e. The van der Waals surface area contributed by atoms with Crippen molar-refractivity contribution in [1.29, 1.82) is 0 Å². The predicted molar refractivity (Wildman–Crippen MR) is 69.4 cm³/mol. The average Bonchev–Trinajstić information content (AvgIpc) is 2.38. The van der Waals surface area contributed by atoms with Crippen LogP contribution in [0.2, 0.25) is 0 Å². The van der Waals surface area contributed by atoms with Gasteiger partial charge in [0, 0.05) is 7.05 Å². The van der Waals surface area contributed by atoms with E-state index >= 15 is 0 Å². The van der Waals surface area contributed by atoms with Gasteiger partial charge >= 0.3 is 5.97 Å². The first-order chi connectivity index (χ1) is 8.93. The van der Waals surface area contributed by atoms with Crippen molar-refractivity contribution in [2.75, 3.05) is 27.3 Å². The molecule has 0 aromatic heterocycles. The van der Waals surface area contributed by atoms with Crippen LogP contribution in [0.1, 0.15) is 6.92 Å². The summed E-state index contributed by atoms with van der Waals surface area (Å²) >= 11 is 0. The molecule has 1 aromatic carbocycles. The number of hydrogen-bond donors (Lipinski definition) is 0. The lowest BCUT2D eigenvalue weighted by molar-refractivity contribution is -0.143. The van der Waals surface area contributed by atoms with E-state index in [0.717, 1.165) is 4.31 Å².